The van der Waals surface area contributed by atoms with Gasteiger partial charge in [0.15, 0.2) is 0 Å². The summed E-state index contributed by atoms with van der Waals surface area (Å²) in [6.07, 6.45) is 7.05. The Labute approximate surface area is 145 Å². The van der Waals surface area contributed by atoms with Crippen molar-refractivity contribution in [1.82, 2.24) is 0 Å². The van der Waals surface area contributed by atoms with E-state index in [4.69, 9.17) is 13.3 Å². The van der Waals surface area contributed by atoms with E-state index in [0.717, 1.165) is 12.1 Å². The second-order valence-electron chi connectivity index (χ2n) is 6.88. The molecule has 1 radical (unpaired) electrons. The fourth-order valence-electron chi connectivity index (χ4n) is 3.89. The Morgan fingerprint density at radius 1 is 1.09 bits per heavy atom. The van der Waals surface area contributed by atoms with Crippen molar-refractivity contribution in [1.29, 1.82) is 0 Å². The van der Waals surface area contributed by atoms with Gasteiger partial charge in [0.25, 0.3) is 14.3 Å². The second-order valence-corrected chi connectivity index (χ2v) is 13.9. The molecule has 1 rings (SSSR count). The molecule has 23 heavy (non-hydrogen) atoms. The highest BCUT2D eigenvalue weighted by Gasteiger charge is 2.51. The van der Waals surface area contributed by atoms with Crippen LogP contribution in [-0.4, -0.2) is 37.8 Å². The van der Waals surface area contributed by atoms with Crippen molar-refractivity contribution in [2.24, 2.45) is 0 Å². The fourth-order valence-corrected chi connectivity index (χ4v) is 9.73. The van der Waals surface area contributed by atoms with Crippen LogP contribution in [0.3, 0.4) is 0 Å². The standard InChI is InChI=1S/C17H35O4Si2/c1-7-17(4,22(19-5)20-6)16(18)21-23(8-2,9-3)15-13-11-10-12-14-15/h15H,7-14H2,1-6H3. The normalized spacial score (nSPS) is 19.6. The molecule has 1 saturated carbocycles. The number of rotatable bonds is 9. The molecule has 0 spiro atoms. The smallest absolute Gasteiger partial charge is 0.402 e. The van der Waals surface area contributed by atoms with Crippen LogP contribution in [0.5, 0.6) is 0 Å². The van der Waals surface area contributed by atoms with Gasteiger partial charge < -0.3 is 13.3 Å². The topological polar surface area (TPSA) is 44.8 Å². The Kier molecular flexibility index (Phi) is 8.48. The third kappa shape index (κ3) is 4.47. The summed E-state index contributed by atoms with van der Waals surface area (Å²) in [4.78, 5) is 13.1. The zero-order valence-corrected chi connectivity index (χ0v) is 17.9. The fraction of sp³-hybridized carbons (Fsp3) is 0.941. The van der Waals surface area contributed by atoms with Crippen LogP contribution >= 0.6 is 0 Å². The van der Waals surface area contributed by atoms with E-state index >= 15 is 0 Å². The Balaban J connectivity index is 2.99. The molecule has 0 amide bonds. The predicted octanol–water partition coefficient (Wildman–Crippen LogP) is 4.80. The van der Waals surface area contributed by atoms with Gasteiger partial charge in [0.2, 0.25) is 0 Å². The van der Waals surface area contributed by atoms with E-state index in [2.05, 4.69) is 13.8 Å². The molecule has 1 fully saturated rings. The summed E-state index contributed by atoms with van der Waals surface area (Å²) in [5.41, 5.74) is 0.622. The van der Waals surface area contributed by atoms with Gasteiger partial charge >= 0.3 is 9.28 Å². The van der Waals surface area contributed by atoms with Gasteiger partial charge in [0.05, 0.1) is 0 Å². The van der Waals surface area contributed by atoms with E-state index in [1.54, 1.807) is 14.2 Å². The summed E-state index contributed by atoms with van der Waals surface area (Å²) in [5.74, 6) is -0.0847. The zero-order valence-electron chi connectivity index (χ0n) is 15.9. The van der Waals surface area contributed by atoms with E-state index in [1.165, 1.54) is 32.1 Å². The molecule has 0 heterocycles. The first kappa shape index (κ1) is 20.9. The van der Waals surface area contributed by atoms with E-state index in [1.807, 2.05) is 13.8 Å². The molecule has 0 N–H and O–H groups in total. The second kappa shape index (κ2) is 9.34. The number of hydrogen-bond donors (Lipinski definition) is 0. The molecule has 135 valence electrons. The van der Waals surface area contributed by atoms with E-state index < -0.39 is 22.6 Å². The summed E-state index contributed by atoms with van der Waals surface area (Å²) in [5, 5.41) is -0.647. The summed E-state index contributed by atoms with van der Waals surface area (Å²) in [6.45, 7) is 8.38. The highest BCUT2D eigenvalue weighted by atomic mass is 28.4. The molecule has 0 bridgehead atoms. The van der Waals surface area contributed by atoms with E-state index in [0.29, 0.717) is 12.0 Å². The van der Waals surface area contributed by atoms with Crippen LogP contribution in [0.2, 0.25) is 22.7 Å². The SMILES string of the molecule is CCC(C)(C(=O)O[Si](CC)(CC)C1CCCCC1)[Si](OC)OC. The molecule has 0 aromatic heterocycles. The Morgan fingerprint density at radius 2 is 1.61 bits per heavy atom. The average Bonchev–Trinajstić information content (AvgIpc) is 2.61. The van der Waals surface area contributed by atoms with Gasteiger partial charge in [-0.05, 0) is 43.8 Å². The van der Waals surface area contributed by atoms with Crippen LogP contribution in [0, 0.1) is 0 Å². The number of carbonyl (C=O) groups excluding carboxylic acids is 1. The monoisotopic (exact) mass is 359 g/mol. The molecule has 1 aliphatic rings. The molecule has 1 atom stereocenters. The Morgan fingerprint density at radius 3 is 2.00 bits per heavy atom. The number of hydrogen-bond acceptors (Lipinski definition) is 4. The first-order valence-electron chi connectivity index (χ1n) is 9.12. The highest BCUT2D eigenvalue weighted by Crippen LogP contribution is 2.44. The van der Waals surface area contributed by atoms with Gasteiger partial charge in [-0.25, -0.2) is 0 Å². The maximum Gasteiger partial charge on any atom is 0.402 e. The van der Waals surface area contributed by atoms with Crippen molar-refractivity contribution in [2.75, 3.05) is 14.2 Å². The average molecular weight is 360 g/mol. The van der Waals surface area contributed by atoms with Crippen molar-refractivity contribution < 1.29 is 18.1 Å². The maximum atomic E-state index is 13.1. The molecule has 1 unspecified atom stereocenters. The number of carbonyl (C=O) groups is 1. The summed E-state index contributed by atoms with van der Waals surface area (Å²) in [7, 11) is -0.469. The molecule has 1 aliphatic carbocycles. The van der Waals surface area contributed by atoms with Gasteiger partial charge in [0.1, 0.15) is 5.04 Å². The molecule has 6 heteroatoms. The van der Waals surface area contributed by atoms with Gasteiger partial charge in [-0.2, -0.15) is 0 Å². The van der Waals surface area contributed by atoms with E-state index in [9.17, 15) is 4.79 Å². The lowest BCUT2D eigenvalue weighted by atomic mass is 10.0. The lowest BCUT2D eigenvalue weighted by molar-refractivity contribution is -0.139. The van der Waals surface area contributed by atoms with Gasteiger partial charge in [0, 0.05) is 14.2 Å². The minimum absolute atomic E-state index is 0.0847. The van der Waals surface area contributed by atoms with Crippen molar-refractivity contribution in [2.45, 2.75) is 88.9 Å². The molecule has 0 aromatic rings. The van der Waals surface area contributed by atoms with Crippen LogP contribution in [0.4, 0.5) is 0 Å². The molecular formula is C17H35O4Si2. The predicted molar refractivity (Wildman–Crippen MR) is 98.1 cm³/mol. The molecule has 0 aliphatic heterocycles. The lowest BCUT2D eigenvalue weighted by Gasteiger charge is -2.41. The van der Waals surface area contributed by atoms with Crippen LogP contribution in [0.15, 0.2) is 0 Å². The van der Waals surface area contributed by atoms with E-state index in [-0.39, 0.29) is 5.97 Å². The quantitative estimate of drug-likeness (QED) is 0.555. The van der Waals surface area contributed by atoms with Crippen LogP contribution in [-0.2, 0) is 18.1 Å². The molecule has 4 nitrogen and oxygen atoms in total. The van der Waals surface area contributed by atoms with Crippen molar-refractivity contribution >= 4 is 23.6 Å². The first-order chi connectivity index (χ1) is 10.9. The minimum Gasteiger partial charge on any atom is -0.518 e. The lowest BCUT2D eigenvalue weighted by Crippen LogP contribution is -2.50. The molecule has 0 saturated heterocycles. The van der Waals surface area contributed by atoms with Gasteiger partial charge in [-0.3, -0.25) is 4.79 Å². The van der Waals surface area contributed by atoms with Crippen LogP contribution in [0.25, 0.3) is 0 Å². The summed E-state index contributed by atoms with van der Waals surface area (Å²) >= 11 is 0. The van der Waals surface area contributed by atoms with Gasteiger partial charge in [-0.1, -0.05) is 40.0 Å². The third-order valence-electron chi connectivity index (χ3n) is 5.82. The first-order valence-corrected chi connectivity index (χ1v) is 12.8. The highest BCUT2D eigenvalue weighted by molar-refractivity contribution is 6.77. The van der Waals surface area contributed by atoms with Crippen LogP contribution < -0.4 is 0 Å². The summed E-state index contributed by atoms with van der Waals surface area (Å²) in [6, 6.07) is 2.03. The van der Waals surface area contributed by atoms with Crippen molar-refractivity contribution in [3.05, 3.63) is 0 Å². The van der Waals surface area contributed by atoms with Crippen molar-refractivity contribution in [3.63, 3.8) is 0 Å². The third-order valence-corrected chi connectivity index (χ3v) is 13.1. The molecular weight excluding hydrogens is 324 g/mol. The Hall–Kier alpha value is -0.176. The summed E-state index contributed by atoms with van der Waals surface area (Å²) < 4.78 is 17.4. The zero-order chi connectivity index (χ0) is 17.5. The van der Waals surface area contributed by atoms with Gasteiger partial charge in [-0.15, -0.1) is 0 Å². The van der Waals surface area contributed by atoms with Crippen LogP contribution in [0.1, 0.15) is 66.2 Å². The largest absolute Gasteiger partial charge is 0.518 e. The minimum atomic E-state index is -2.05. The maximum absolute atomic E-state index is 13.1. The molecule has 0 aromatic carbocycles. The van der Waals surface area contributed by atoms with Crippen molar-refractivity contribution in [3.8, 4) is 0 Å². The Bertz CT molecular complexity index is 364.